The van der Waals surface area contributed by atoms with Gasteiger partial charge in [0, 0.05) is 22.4 Å². The molecule has 0 aromatic heterocycles. The van der Waals surface area contributed by atoms with Crippen LogP contribution in [-0.2, 0) is 31.9 Å². The van der Waals surface area contributed by atoms with E-state index in [2.05, 4.69) is 21.3 Å². The fourth-order valence-corrected chi connectivity index (χ4v) is 2.22. The van der Waals surface area contributed by atoms with E-state index in [1.54, 1.807) is 18.9 Å². The van der Waals surface area contributed by atoms with Crippen molar-refractivity contribution in [2.45, 2.75) is 17.8 Å². The third kappa shape index (κ3) is 7.57. The number of nitrogens with one attached hydrogen (secondary N) is 1. The summed E-state index contributed by atoms with van der Waals surface area (Å²) >= 11 is 4.69. The summed E-state index contributed by atoms with van der Waals surface area (Å²) in [6, 6.07) is 7.68. The summed E-state index contributed by atoms with van der Waals surface area (Å²) in [5.41, 5.74) is 1.88. The monoisotopic (exact) mass is 529 g/mol. The maximum absolute atomic E-state index is 11.6. The number of hydrogen-bond donors (Lipinski definition) is 1. The van der Waals surface area contributed by atoms with Crippen LogP contribution in [0, 0.1) is 0 Å². The molecule has 0 saturated carbocycles. The van der Waals surface area contributed by atoms with E-state index >= 15 is 0 Å². The summed E-state index contributed by atoms with van der Waals surface area (Å²) in [5.74, 6) is 1.09. The molecule has 6 heteroatoms. The van der Waals surface area contributed by atoms with Crippen LogP contribution in [-0.4, -0.2) is 41.0 Å². The molecule has 0 aliphatic carbocycles. The summed E-state index contributed by atoms with van der Waals surface area (Å²) < 4.78 is 5.18. The summed E-state index contributed by atoms with van der Waals surface area (Å²) in [7, 11) is 1.66. The quantitative estimate of drug-likeness (QED) is 0.437. The van der Waals surface area contributed by atoms with Crippen molar-refractivity contribution >= 4 is 39.4 Å². The van der Waals surface area contributed by atoms with Gasteiger partial charge in [0.15, 0.2) is 0 Å². The number of carbonyl (C=O) groups is 1. The first kappa shape index (κ1) is 19.3. The zero-order valence-electron chi connectivity index (χ0n) is 10.9. The maximum atomic E-state index is 11.6. The second-order valence-corrected chi connectivity index (χ2v) is 5.72. The summed E-state index contributed by atoms with van der Waals surface area (Å²) in [6.45, 7) is 0. The summed E-state index contributed by atoms with van der Waals surface area (Å²) in [6.07, 6.45) is 3.54. The van der Waals surface area contributed by atoms with E-state index in [1.807, 2.05) is 30.5 Å². The molecule has 0 fully saturated rings. The van der Waals surface area contributed by atoms with Gasteiger partial charge in [-0.2, -0.15) is 0 Å². The Hall–Kier alpha value is 0.260. The van der Waals surface area contributed by atoms with Gasteiger partial charge in [-0.25, -0.2) is 0 Å². The Balaban J connectivity index is 0.00000324. The number of carbonyl (C=O) groups excluding carboxylic acids is 1. The molecule has 1 N–H and O–H groups in total. The van der Waals surface area contributed by atoms with Crippen LogP contribution in [0.1, 0.15) is 23.4 Å². The van der Waals surface area contributed by atoms with Gasteiger partial charge < -0.3 is 0 Å². The molecule has 0 heterocycles. The number of rotatable bonds is 7. The predicted molar refractivity (Wildman–Crippen MR) is 78.2 cm³/mol. The molecule has 1 aromatic carbocycles. The molecule has 0 saturated heterocycles. The molecule has 110 valence electrons. The van der Waals surface area contributed by atoms with Crippen LogP contribution >= 0.6 is 11.8 Å². The van der Waals surface area contributed by atoms with Crippen LogP contribution in [0.2, 0.25) is 0 Å². The van der Waals surface area contributed by atoms with Crippen LogP contribution in [0.15, 0.2) is 24.3 Å². The van der Waals surface area contributed by atoms with Crippen molar-refractivity contribution in [2.24, 2.45) is 0 Å². The molecule has 19 heavy (non-hydrogen) atoms. The van der Waals surface area contributed by atoms with Gasteiger partial charge in [-0.15, -0.1) is 0 Å². The molecule has 0 aliphatic rings. The summed E-state index contributed by atoms with van der Waals surface area (Å²) in [4.78, 5) is 11.6. The van der Waals surface area contributed by atoms with Gasteiger partial charge in [-0.05, 0) is 0 Å². The minimum absolute atomic E-state index is 0. The topological polar surface area (TPSA) is 38.3 Å². The number of amides is 1. The van der Waals surface area contributed by atoms with E-state index in [0.29, 0.717) is 6.42 Å². The smallest absolute Gasteiger partial charge is 0 e. The molecule has 2 radical (unpaired) electrons. The van der Waals surface area contributed by atoms with Crippen molar-refractivity contribution in [3.8, 4) is 0 Å². The van der Waals surface area contributed by atoms with Crippen molar-refractivity contribution < 1.29 is 31.9 Å². The van der Waals surface area contributed by atoms with Crippen molar-refractivity contribution in [3.63, 3.8) is 0 Å². The minimum atomic E-state index is -0.0451. The Bertz CT molecular complexity index is 375. The number of benzene rings is 1. The van der Waals surface area contributed by atoms with E-state index in [4.69, 9.17) is 4.74 Å². The second kappa shape index (κ2) is 11.0. The Labute approximate surface area is 143 Å². The third-order valence-electron chi connectivity index (χ3n) is 2.43. The fraction of sp³-hybridized carbons (Fsp3) is 0.462. The average molecular weight is 528 g/mol. The first-order valence-electron chi connectivity index (χ1n) is 5.74. The average Bonchev–Trinajstić information content (AvgIpc) is 2.39. The Morgan fingerprint density at radius 1 is 1.42 bits per heavy atom. The number of hydrogen-bond acceptors (Lipinski definition) is 3. The zero-order valence-corrected chi connectivity index (χ0v) is 15.6. The molecule has 1 amide bonds. The molecular formula is C13H18AuNO2SSe. The van der Waals surface area contributed by atoms with Crippen LogP contribution in [0.3, 0.4) is 0 Å². The van der Waals surface area contributed by atoms with Gasteiger partial charge in [0.05, 0.1) is 0 Å². The van der Waals surface area contributed by atoms with Crippen molar-refractivity contribution in [3.05, 3.63) is 29.8 Å². The number of methoxy groups -OCH3 is 1. The van der Waals surface area contributed by atoms with Crippen LogP contribution < -0.4 is 5.32 Å². The first-order chi connectivity index (χ1) is 8.67. The van der Waals surface area contributed by atoms with Gasteiger partial charge in [-0.3, -0.25) is 0 Å². The Kier molecular flexibility index (Phi) is 11.1. The Morgan fingerprint density at radius 2 is 2.05 bits per heavy atom. The molecule has 0 spiro atoms. The molecule has 1 aromatic rings. The Morgan fingerprint density at radius 3 is 2.58 bits per heavy atom. The van der Waals surface area contributed by atoms with Crippen LogP contribution in [0.5, 0.6) is 0 Å². The molecule has 0 aliphatic heterocycles. The standard InChI is InChI=1S/C13H18NO2SSe.Au/c1-16-13(18)10-5-7-11(8-6-10)14-12(15)4-3-9-17-2;/h5-8,13H,3-4,9H2,1-2H3,(H,14,15);. The van der Waals surface area contributed by atoms with E-state index in [1.165, 1.54) is 0 Å². The van der Waals surface area contributed by atoms with E-state index in [9.17, 15) is 4.79 Å². The normalized spacial score (nSPS) is 11.5. The number of thioether (sulfide) groups is 1. The predicted octanol–water partition coefficient (Wildman–Crippen LogP) is 2.58. The van der Waals surface area contributed by atoms with Gasteiger partial charge in [0.25, 0.3) is 0 Å². The third-order valence-corrected chi connectivity index (χ3v) is 4.10. The van der Waals surface area contributed by atoms with Gasteiger partial charge >= 0.3 is 121 Å². The molecule has 3 nitrogen and oxygen atoms in total. The fourth-order valence-electron chi connectivity index (χ4n) is 1.46. The second-order valence-electron chi connectivity index (χ2n) is 3.83. The minimum Gasteiger partial charge on any atom is 0 e. The molecule has 0 bridgehead atoms. The molecule has 1 rings (SSSR count). The maximum Gasteiger partial charge on any atom is 0 e. The summed E-state index contributed by atoms with van der Waals surface area (Å²) in [5, 5.41) is 2.84. The number of anilines is 1. The van der Waals surface area contributed by atoms with Crippen LogP contribution in [0.4, 0.5) is 5.69 Å². The number of ether oxygens (including phenoxy) is 1. The van der Waals surface area contributed by atoms with Crippen molar-refractivity contribution in [1.82, 2.24) is 0 Å². The first-order valence-corrected chi connectivity index (χ1v) is 8.13. The molecule has 1 unspecified atom stereocenters. The van der Waals surface area contributed by atoms with Crippen molar-refractivity contribution in [1.29, 1.82) is 0 Å². The van der Waals surface area contributed by atoms with Gasteiger partial charge in [0.2, 0.25) is 0 Å². The van der Waals surface area contributed by atoms with Gasteiger partial charge in [-0.1, -0.05) is 0 Å². The molecule has 1 atom stereocenters. The van der Waals surface area contributed by atoms with Crippen molar-refractivity contribution in [2.75, 3.05) is 24.4 Å². The zero-order chi connectivity index (χ0) is 13.4. The van der Waals surface area contributed by atoms with Crippen LogP contribution in [0.25, 0.3) is 0 Å². The van der Waals surface area contributed by atoms with E-state index < -0.39 is 0 Å². The largest absolute Gasteiger partial charge is 0 e. The van der Waals surface area contributed by atoms with E-state index in [0.717, 1.165) is 23.4 Å². The molecular weight excluding hydrogens is 510 g/mol. The van der Waals surface area contributed by atoms with Gasteiger partial charge in [0.1, 0.15) is 0 Å². The van der Waals surface area contributed by atoms with E-state index in [-0.39, 0.29) is 33.3 Å². The SMILES string of the molecule is COC([Se])c1ccc(NC(=O)CCCSC)cc1.[Au].